The second kappa shape index (κ2) is 6.68. The second-order valence-electron chi connectivity index (χ2n) is 6.49. The number of nitrogens with one attached hydrogen (secondary N) is 1. The van der Waals surface area contributed by atoms with Crippen molar-refractivity contribution in [3.63, 3.8) is 0 Å². The molecule has 0 aliphatic carbocycles. The molecule has 4 aromatic rings. The molecule has 7 nitrogen and oxygen atoms in total. The van der Waals surface area contributed by atoms with Crippen molar-refractivity contribution in [2.75, 3.05) is 0 Å². The summed E-state index contributed by atoms with van der Waals surface area (Å²) in [5.74, 6) is -0.210. The summed E-state index contributed by atoms with van der Waals surface area (Å²) in [4.78, 5) is 17.2. The van der Waals surface area contributed by atoms with E-state index in [1.165, 1.54) is 0 Å². The van der Waals surface area contributed by atoms with Gasteiger partial charge in [0.1, 0.15) is 5.56 Å². The highest BCUT2D eigenvalue weighted by Crippen LogP contribution is 2.21. The molecule has 136 valence electrons. The zero-order chi connectivity index (χ0) is 19.0. The third-order valence-corrected chi connectivity index (χ3v) is 4.80. The summed E-state index contributed by atoms with van der Waals surface area (Å²) in [6.45, 7) is 3.92. The molecule has 7 heteroatoms. The third kappa shape index (κ3) is 2.97. The average molecular weight is 360 g/mol. The van der Waals surface area contributed by atoms with Crippen LogP contribution in [0.25, 0.3) is 16.9 Å². The highest BCUT2D eigenvalue weighted by Gasteiger charge is 2.20. The van der Waals surface area contributed by atoms with E-state index in [-0.39, 0.29) is 11.9 Å². The van der Waals surface area contributed by atoms with Crippen LogP contribution in [0.2, 0.25) is 0 Å². The Morgan fingerprint density at radius 1 is 1.11 bits per heavy atom. The summed E-state index contributed by atoms with van der Waals surface area (Å²) >= 11 is 0. The first-order valence-electron chi connectivity index (χ1n) is 8.74. The Labute approximate surface area is 156 Å². The van der Waals surface area contributed by atoms with Gasteiger partial charge in [-0.15, -0.1) is 0 Å². The Hall–Kier alpha value is -3.48. The number of carbonyl (C=O) groups excluding carboxylic acids is 1. The van der Waals surface area contributed by atoms with Gasteiger partial charge in [-0.05, 0) is 19.9 Å². The molecule has 0 saturated heterocycles. The summed E-state index contributed by atoms with van der Waals surface area (Å²) in [7, 11) is 1.88. The van der Waals surface area contributed by atoms with Crippen LogP contribution in [0.3, 0.4) is 0 Å². The number of hydrogen-bond donors (Lipinski definition) is 1. The van der Waals surface area contributed by atoms with E-state index in [4.69, 9.17) is 0 Å². The van der Waals surface area contributed by atoms with E-state index in [1.807, 2.05) is 57.3 Å². The van der Waals surface area contributed by atoms with E-state index in [2.05, 4.69) is 20.5 Å². The fourth-order valence-electron chi connectivity index (χ4n) is 3.17. The topological polar surface area (TPSA) is 77.1 Å². The summed E-state index contributed by atoms with van der Waals surface area (Å²) in [6, 6.07) is 11.6. The van der Waals surface area contributed by atoms with Crippen LogP contribution in [-0.2, 0) is 7.05 Å². The first-order chi connectivity index (χ1) is 13.1. The Balaban J connectivity index is 1.66. The van der Waals surface area contributed by atoms with Crippen LogP contribution in [0.15, 0.2) is 55.0 Å². The maximum absolute atomic E-state index is 12.8. The number of carbonyl (C=O) groups is 1. The second-order valence-corrected chi connectivity index (χ2v) is 6.49. The lowest BCUT2D eigenvalue weighted by Gasteiger charge is -2.13. The largest absolute Gasteiger partial charge is 0.345 e. The van der Waals surface area contributed by atoms with E-state index in [9.17, 15) is 4.79 Å². The molecule has 0 aliphatic heterocycles. The number of rotatable bonds is 4. The van der Waals surface area contributed by atoms with Crippen molar-refractivity contribution in [3.05, 3.63) is 71.8 Å². The number of amides is 1. The van der Waals surface area contributed by atoms with E-state index in [1.54, 1.807) is 27.8 Å². The summed E-state index contributed by atoms with van der Waals surface area (Å²) < 4.78 is 3.49. The highest BCUT2D eigenvalue weighted by atomic mass is 16.1. The van der Waals surface area contributed by atoms with Gasteiger partial charge in [0.05, 0.1) is 24.1 Å². The molecule has 1 unspecified atom stereocenters. The molecule has 0 radical (unpaired) electrons. The molecule has 1 amide bonds. The molecule has 0 bridgehead atoms. The third-order valence-electron chi connectivity index (χ3n) is 4.80. The fraction of sp³-hybridized carbons (Fsp3) is 0.200. The summed E-state index contributed by atoms with van der Waals surface area (Å²) in [6.07, 6.45) is 5.04. The van der Waals surface area contributed by atoms with Crippen LogP contribution in [0, 0.1) is 6.92 Å². The molecule has 0 spiro atoms. The first kappa shape index (κ1) is 17.0. The minimum absolute atomic E-state index is 0.168. The van der Waals surface area contributed by atoms with Gasteiger partial charge in [0, 0.05) is 30.1 Å². The SMILES string of the molecule is Cc1c(C(C)NC(=O)c2cnn3c(-c4ccccc4)ccnc23)cnn1C. The van der Waals surface area contributed by atoms with Crippen molar-refractivity contribution in [1.82, 2.24) is 29.7 Å². The highest BCUT2D eigenvalue weighted by molar-refractivity contribution is 6.00. The van der Waals surface area contributed by atoms with Crippen LogP contribution in [0.4, 0.5) is 0 Å². The van der Waals surface area contributed by atoms with Crippen LogP contribution in [0.1, 0.15) is 34.6 Å². The number of aryl methyl sites for hydroxylation is 1. The lowest BCUT2D eigenvalue weighted by atomic mass is 10.1. The number of benzene rings is 1. The molecule has 0 fully saturated rings. The van der Waals surface area contributed by atoms with Crippen molar-refractivity contribution in [3.8, 4) is 11.3 Å². The van der Waals surface area contributed by atoms with Crippen LogP contribution in [-0.4, -0.2) is 30.3 Å². The van der Waals surface area contributed by atoms with Crippen LogP contribution >= 0.6 is 0 Å². The zero-order valence-electron chi connectivity index (χ0n) is 15.4. The maximum atomic E-state index is 12.8. The smallest absolute Gasteiger partial charge is 0.257 e. The molecule has 3 heterocycles. The molecule has 27 heavy (non-hydrogen) atoms. The van der Waals surface area contributed by atoms with Crippen LogP contribution < -0.4 is 5.32 Å². The minimum atomic E-state index is -0.210. The molecule has 3 aromatic heterocycles. The summed E-state index contributed by atoms with van der Waals surface area (Å²) in [5, 5.41) is 11.7. The zero-order valence-corrected chi connectivity index (χ0v) is 15.4. The lowest BCUT2D eigenvalue weighted by Crippen LogP contribution is -2.27. The molecular formula is C20H20N6O. The lowest BCUT2D eigenvalue weighted by molar-refractivity contribution is 0.0941. The average Bonchev–Trinajstić information content (AvgIpc) is 3.26. The van der Waals surface area contributed by atoms with Gasteiger partial charge in [0.25, 0.3) is 5.91 Å². The van der Waals surface area contributed by atoms with Crippen molar-refractivity contribution >= 4 is 11.6 Å². The number of fused-ring (bicyclic) bond motifs is 1. The Kier molecular flexibility index (Phi) is 4.19. The van der Waals surface area contributed by atoms with Gasteiger partial charge in [-0.3, -0.25) is 9.48 Å². The van der Waals surface area contributed by atoms with Crippen molar-refractivity contribution < 1.29 is 4.79 Å². The molecule has 1 atom stereocenters. The minimum Gasteiger partial charge on any atom is -0.345 e. The van der Waals surface area contributed by atoms with Gasteiger partial charge in [0.15, 0.2) is 5.65 Å². The van der Waals surface area contributed by atoms with Gasteiger partial charge in [-0.2, -0.15) is 10.2 Å². The van der Waals surface area contributed by atoms with Crippen molar-refractivity contribution in [2.24, 2.45) is 7.05 Å². The van der Waals surface area contributed by atoms with Gasteiger partial charge >= 0.3 is 0 Å². The van der Waals surface area contributed by atoms with Gasteiger partial charge in [-0.1, -0.05) is 30.3 Å². The van der Waals surface area contributed by atoms with Crippen molar-refractivity contribution in [2.45, 2.75) is 19.9 Å². The monoisotopic (exact) mass is 360 g/mol. The predicted octanol–water partition coefficient (Wildman–Crippen LogP) is 2.93. The maximum Gasteiger partial charge on any atom is 0.257 e. The van der Waals surface area contributed by atoms with Gasteiger partial charge < -0.3 is 5.32 Å². The number of nitrogens with zero attached hydrogens (tertiary/aromatic N) is 5. The van der Waals surface area contributed by atoms with Gasteiger partial charge in [-0.25, -0.2) is 9.50 Å². The van der Waals surface area contributed by atoms with Gasteiger partial charge in [0.2, 0.25) is 0 Å². The van der Waals surface area contributed by atoms with E-state index < -0.39 is 0 Å². The normalized spacial score (nSPS) is 12.3. The predicted molar refractivity (Wildman–Crippen MR) is 102 cm³/mol. The molecule has 1 aromatic carbocycles. The molecule has 4 rings (SSSR count). The summed E-state index contributed by atoms with van der Waals surface area (Å²) in [5.41, 5.74) is 4.88. The van der Waals surface area contributed by atoms with Crippen LogP contribution in [0.5, 0.6) is 0 Å². The Morgan fingerprint density at radius 2 is 1.89 bits per heavy atom. The first-order valence-corrected chi connectivity index (χ1v) is 8.74. The quantitative estimate of drug-likeness (QED) is 0.607. The molecule has 1 N–H and O–H groups in total. The Morgan fingerprint density at radius 3 is 2.59 bits per heavy atom. The van der Waals surface area contributed by atoms with Crippen molar-refractivity contribution in [1.29, 1.82) is 0 Å². The standard InChI is InChI=1S/C20H20N6O/c1-13(16-11-22-25(3)14(16)2)24-20(27)17-12-23-26-18(9-10-21-19(17)26)15-7-5-4-6-8-15/h4-13H,1-3H3,(H,24,27). The Bertz CT molecular complexity index is 1110. The molecule has 0 saturated carbocycles. The van der Waals surface area contributed by atoms with E-state index in [0.717, 1.165) is 22.5 Å². The number of hydrogen-bond acceptors (Lipinski definition) is 4. The molecule has 0 aliphatic rings. The van der Waals surface area contributed by atoms with E-state index in [0.29, 0.717) is 11.2 Å². The fourth-order valence-corrected chi connectivity index (χ4v) is 3.17. The molecular weight excluding hydrogens is 340 g/mol. The number of aromatic nitrogens is 5. The van der Waals surface area contributed by atoms with E-state index >= 15 is 0 Å².